The van der Waals surface area contributed by atoms with Crippen LogP contribution in [0.25, 0.3) is 0 Å². The molecule has 114 valence electrons. The number of benzene rings is 2. The van der Waals surface area contributed by atoms with Crippen molar-refractivity contribution < 1.29 is 18.7 Å². The molecule has 0 bridgehead atoms. The maximum absolute atomic E-state index is 12.8. The van der Waals surface area contributed by atoms with Crippen molar-refractivity contribution in [1.29, 1.82) is 0 Å². The van der Waals surface area contributed by atoms with Crippen molar-refractivity contribution in [2.75, 3.05) is 13.7 Å². The third kappa shape index (κ3) is 3.03. The number of carbonyl (C=O) groups excluding carboxylic acids is 1. The first-order valence-corrected chi connectivity index (χ1v) is 7.03. The number of fused-ring (bicyclic) bond motifs is 1. The van der Waals surface area contributed by atoms with Gasteiger partial charge < -0.3 is 14.8 Å². The predicted octanol–water partition coefficient (Wildman–Crippen LogP) is 2.57. The molecular weight excluding hydrogens is 285 g/mol. The molecule has 2 aromatic carbocycles. The summed E-state index contributed by atoms with van der Waals surface area (Å²) < 4.78 is 23.8. The number of halogens is 1. The third-order valence-electron chi connectivity index (χ3n) is 3.61. The van der Waals surface area contributed by atoms with Crippen LogP contribution < -0.4 is 14.8 Å². The highest BCUT2D eigenvalue weighted by atomic mass is 19.1. The summed E-state index contributed by atoms with van der Waals surface area (Å²) in [6.07, 6.45) is 0.613. The zero-order valence-electron chi connectivity index (χ0n) is 12.1. The monoisotopic (exact) mass is 301 g/mol. The molecule has 3 rings (SSSR count). The lowest BCUT2D eigenvalue weighted by molar-refractivity contribution is 0.0933. The van der Waals surface area contributed by atoms with E-state index in [-0.39, 0.29) is 17.8 Å². The number of ether oxygens (including phenoxy) is 2. The summed E-state index contributed by atoms with van der Waals surface area (Å²) in [5.74, 6) is 1.01. The number of methoxy groups -OCH3 is 1. The van der Waals surface area contributed by atoms with Crippen LogP contribution >= 0.6 is 0 Å². The van der Waals surface area contributed by atoms with Crippen molar-refractivity contribution in [3.63, 3.8) is 0 Å². The number of amides is 1. The molecule has 0 saturated heterocycles. The summed E-state index contributed by atoms with van der Waals surface area (Å²) in [5.41, 5.74) is 1.50. The molecule has 2 aromatic rings. The van der Waals surface area contributed by atoms with Crippen LogP contribution in [0.3, 0.4) is 0 Å². The van der Waals surface area contributed by atoms with Crippen molar-refractivity contribution in [3.05, 3.63) is 59.4 Å². The molecule has 1 heterocycles. The molecule has 1 N–H and O–H groups in total. The van der Waals surface area contributed by atoms with Crippen LogP contribution in [0.4, 0.5) is 4.39 Å². The van der Waals surface area contributed by atoms with Crippen LogP contribution in [0, 0.1) is 5.82 Å². The van der Waals surface area contributed by atoms with Gasteiger partial charge in [-0.25, -0.2) is 4.39 Å². The largest absolute Gasteiger partial charge is 0.497 e. The van der Waals surface area contributed by atoms with E-state index in [2.05, 4.69) is 5.32 Å². The van der Waals surface area contributed by atoms with Gasteiger partial charge in [0.15, 0.2) is 0 Å². The number of hydrogen-bond donors (Lipinski definition) is 1. The molecule has 0 saturated carbocycles. The van der Waals surface area contributed by atoms with Gasteiger partial charge in [0.1, 0.15) is 23.4 Å². The van der Waals surface area contributed by atoms with E-state index >= 15 is 0 Å². The van der Waals surface area contributed by atoms with Gasteiger partial charge in [0, 0.05) is 17.5 Å². The Kier molecular flexibility index (Phi) is 3.96. The summed E-state index contributed by atoms with van der Waals surface area (Å²) in [6.45, 7) is 0.396. The van der Waals surface area contributed by atoms with Crippen LogP contribution in [-0.4, -0.2) is 25.7 Å². The molecule has 0 radical (unpaired) electrons. The third-order valence-corrected chi connectivity index (χ3v) is 3.61. The molecule has 4 nitrogen and oxygen atoms in total. The topological polar surface area (TPSA) is 47.6 Å². The standard InChI is InChI=1S/C17H16FNO3/c1-21-14-6-7-16-12(8-14)9-15(22-16)10-19-17(20)11-2-4-13(18)5-3-11/h2-8,15H,9-10H2,1H3,(H,19,20). The van der Waals surface area contributed by atoms with E-state index in [1.54, 1.807) is 7.11 Å². The summed E-state index contributed by atoms with van der Waals surface area (Å²) in [4.78, 5) is 12.0. The second-order valence-corrected chi connectivity index (χ2v) is 5.13. The smallest absolute Gasteiger partial charge is 0.251 e. The molecule has 0 aromatic heterocycles. The van der Waals surface area contributed by atoms with Crippen molar-refractivity contribution >= 4 is 5.91 Å². The Morgan fingerprint density at radius 3 is 2.82 bits per heavy atom. The van der Waals surface area contributed by atoms with Gasteiger partial charge in [-0.1, -0.05) is 0 Å². The van der Waals surface area contributed by atoms with Gasteiger partial charge in [0.05, 0.1) is 13.7 Å². The minimum atomic E-state index is -0.361. The molecule has 1 amide bonds. The molecular formula is C17H16FNO3. The zero-order chi connectivity index (χ0) is 15.5. The highest BCUT2D eigenvalue weighted by molar-refractivity contribution is 5.94. The average molecular weight is 301 g/mol. The van der Waals surface area contributed by atoms with Crippen molar-refractivity contribution in [3.8, 4) is 11.5 Å². The lowest BCUT2D eigenvalue weighted by Crippen LogP contribution is -2.34. The zero-order valence-corrected chi connectivity index (χ0v) is 12.1. The first-order valence-electron chi connectivity index (χ1n) is 7.03. The number of hydrogen-bond acceptors (Lipinski definition) is 3. The van der Waals surface area contributed by atoms with Crippen LogP contribution in [-0.2, 0) is 6.42 Å². The van der Waals surface area contributed by atoms with E-state index in [4.69, 9.17) is 9.47 Å². The molecule has 1 aliphatic heterocycles. The van der Waals surface area contributed by atoms with Gasteiger partial charge >= 0.3 is 0 Å². The maximum Gasteiger partial charge on any atom is 0.251 e. The maximum atomic E-state index is 12.8. The molecule has 0 aliphatic carbocycles. The fourth-order valence-corrected chi connectivity index (χ4v) is 2.45. The number of nitrogens with one attached hydrogen (secondary N) is 1. The average Bonchev–Trinajstić information content (AvgIpc) is 2.95. The fourth-order valence-electron chi connectivity index (χ4n) is 2.45. The Balaban J connectivity index is 1.57. The molecule has 1 unspecified atom stereocenters. The minimum Gasteiger partial charge on any atom is -0.497 e. The van der Waals surface area contributed by atoms with E-state index in [1.165, 1.54) is 24.3 Å². The second-order valence-electron chi connectivity index (χ2n) is 5.13. The van der Waals surface area contributed by atoms with E-state index in [1.807, 2.05) is 18.2 Å². The van der Waals surface area contributed by atoms with Gasteiger partial charge in [-0.05, 0) is 42.5 Å². The van der Waals surface area contributed by atoms with Crippen LogP contribution in [0.1, 0.15) is 15.9 Å². The minimum absolute atomic E-state index is 0.105. The SMILES string of the molecule is COc1ccc2c(c1)CC(CNC(=O)c1ccc(F)cc1)O2. The van der Waals surface area contributed by atoms with Crippen molar-refractivity contribution in [2.45, 2.75) is 12.5 Å². The molecule has 0 fully saturated rings. The van der Waals surface area contributed by atoms with Crippen LogP contribution in [0.5, 0.6) is 11.5 Å². The van der Waals surface area contributed by atoms with Crippen molar-refractivity contribution in [1.82, 2.24) is 5.32 Å². The molecule has 5 heteroatoms. The molecule has 22 heavy (non-hydrogen) atoms. The Hall–Kier alpha value is -2.56. The van der Waals surface area contributed by atoms with Gasteiger partial charge in [0.2, 0.25) is 0 Å². The number of rotatable bonds is 4. The highest BCUT2D eigenvalue weighted by Gasteiger charge is 2.23. The van der Waals surface area contributed by atoms with Crippen molar-refractivity contribution in [2.24, 2.45) is 0 Å². The molecule has 0 spiro atoms. The summed E-state index contributed by atoms with van der Waals surface area (Å²) in [5, 5.41) is 2.81. The molecule has 1 atom stereocenters. The fraction of sp³-hybridized carbons (Fsp3) is 0.235. The second kappa shape index (κ2) is 6.05. The van der Waals surface area contributed by atoms with Gasteiger partial charge in [-0.2, -0.15) is 0 Å². The predicted molar refractivity (Wildman–Crippen MR) is 79.8 cm³/mol. The van der Waals surface area contributed by atoms with Crippen LogP contribution in [0.2, 0.25) is 0 Å². The van der Waals surface area contributed by atoms with E-state index in [9.17, 15) is 9.18 Å². The Labute approximate surface area is 127 Å². The lowest BCUT2D eigenvalue weighted by atomic mass is 10.1. The quantitative estimate of drug-likeness (QED) is 0.944. The number of carbonyl (C=O) groups is 1. The van der Waals surface area contributed by atoms with Gasteiger partial charge in [0.25, 0.3) is 5.91 Å². The highest BCUT2D eigenvalue weighted by Crippen LogP contribution is 2.31. The van der Waals surface area contributed by atoms with E-state index in [0.29, 0.717) is 12.1 Å². The summed E-state index contributed by atoms with van der Waals surface area (Å²) in [7, 11) is 1.62. The summed E-state index contributed by atoms with van der Waals surface area (Å²) in [6, 6.07) is 11.1. The first-order chi connectivity index (χ1) is 10.7. The summed E-state index contributed by atoms with van der Waals surface area (Å²) >= 11 is 0. The first kappa shape index (κ1) is 14.4. The lowest BCUT2D eigenvalue weighted by Gasteiger charge is -2.12. The van der Waals surface area contributed by atoms with Gasteiger partial charge in [-0.15, -0.1) is 0 Å². The van der Waals surface area contributed by atoms with E-state index in [0.717, 1.165) is 23.5 Å². The Morgan fingerprint density at radius 1 is 1.32 bits per heavy atom. The Bertz CT molecular complexity index is 685. The van der Waals surface area contributed by atoms with Gasteiger partial charge in [-0.3, -0.25) is 4.79 Å². The van der Waals surface area contributed by atoms with E-state index < -0.39 is 0 Å². The molecule has 1 aliphatic rings. The Morgan fingerprint density at radius 2 is 2.09 bits per heavy atom. The van der Waals surface area contributed by atoms with Crippen LogP contribution in [0.15, 0.2) is 42.5 Å². The normalized spacial score (nSPS) is 15.8.